The van der Waals surface area contributed by atoms with E-state index in [2.05, 4.69) is 13.8 Å². The smallest absolute Gasteiger partial charge is 0.0326 e. The van der Waals surface area contributed by atoms with Crippen LogP contribution in [-0.2, 0) is 0 Å². The van der Waals surface area contributed by atoms with Gasteiger partial charge in [-0.05, 0) is 48.3 Å². The van der Waals surface area contributed by atoms with Gasteiger partial charge in [0.05, 0.1) is 0 Å². The Labute approximate surface area is 69.4 Å². The minimum Gasteiger partial charge on any atom is -0.0622 e. The van der Waals surface area contributed by atoms with Crippen molar-refractivity contribution in [2.45, 2.75) is 33.1 Å². The average Bonchev–Trinajstić information content (AvgIpc) is 2.61. The van der Waals surface area contributed by atoms with Crippen LogP contribution in [0.4, 0.5) is 0 Å². The van der Waals surface area contributed by atoms with Crippen LogP contribution in [0.5, 0.6) is 0 Å². The van der Waals surface area contributed by atoms with Crippen molar-refractivity contribution in [3.8, 4) is 0 Å². The lowest BCUT2D eigenvalue weighted by Gasteiger charge is -2.20. The van der Waals surface area contributed by atoms with Gasteiger partial charge in [-0.3, -0.25) is 0 Å². The highest BCUT2D eigenvalue weighted by Crippen LogP contribution is 2.67. The SMILES string of the molecule is CC1CCC2C(C)C3CC3C12. The van der Waals surface area contributed by atoms with E-state index in [1.165, 1.54) is 18.3 Å². The molecule has 0 aliphatic heterocycles. The molecule has 62 valence electrons. The van der Waals surface area contributed by atoms with E-state index < -0.39 is 0 Å². The van der Waals surface area contributed by atoms with Crippen LogP contribution in [0.1, 0.15) is 33.1 Å². The number of rotatable bonds is 0. The number of fused-ring (bicyclic) bond motifs is 3. The molecule has 3 rings (SSSR count). The van der Waals surface area contributed by atoms with Gasteiger partial charge in [0.1, 0.15) is 0 Å². The fourth-order valence-corrected chi connectivity index (χ4v) is 4.22. The lowest BCUT2D eigenvalue weighted by atomic mass is 9.85. The minimum absolute atomic E-state index is 1.07. The predicted molar refractivity (Wildman–Crippen MR) is 46.1 cm³/mol. The molecule has 6 atom stereocenters. The Morgan fingerprint density at radius 2 is 1.73 bits per heavy atom. The molecule has 0 heterocycles. The molecule has 0 radical (unpaired) electrons. The summed E-state index contributed by atoms with van der Waals surface area (Å²) in [4.78, 5) is 0. The molecule has 0 bridgehead atoms. The van der Waals surface area contributed by atoms with Gasteiger partial charge < -0.3 is 0 Å². The molecular weight excluding hydrogens is 132 g/mol. The van der Waals surface area contributed by atoms with Crippen molar-refractivity contribution < 1.29 is 0 Å². The Kier molecular flexibility index (Phi) is 1.09. The summed E-state index contributed by atoms with van der Waals surface area (Å²) < 4.78 is 0. The summed E-state index contributed by atoms with van der Waals surface area (Å²) in [6.07, 6.45) is 4.68. The van der Waals surface area contributed by atoms with Crippen molar-refractivity contribution in [2.24, 2.45) is 35.5 Å². The van der Waals surface area contributed by atoms with Crippen molar-refractivity contribution >= 4 is 0 Å². The van der Waals surface area contributed by atoms with Crippen LogP contribution >= 0.6 is 0 Å². The molecular formula is C11H18. The molecule has 0 nitrogen and oxygen atoms in total. The highest BCUT2D eigenvalue weighted by molar-refractivity contribution is 5.08. The first-order valence-corrected chi connectivity index (χ1v) is 5.29. The average molecular weight is 150 g/mol. The molecule has 0 aromatic rings. The normalized spacial score (nSPS) is 66.0. The molecule has 11 heavy (non-hydrogen) atoms. The Morgan fingerprint density at radius 1 is 0.909 bits per heavy atom. The van der Waals surface area contributed by atoms with E-state index in [-0.39, 0.29) is 0 Å². The summed E-state index contributed by atoms with van der Waals surface area (Å²) in [5, 5.41) is 0. The Bertz CT molecular complexity index is 184. The van der Waals surface area contributed by atoms with E-state index in [9.17, 15) is 0 Å². The molecule has 0 saturated heterocycles. The highest BCUT2D eigenvalue weighted by Gasteiger charge is 2.60. The van der Waals surface area contributed by atoms with Crippen molar-refractivity contribution in [1.29, 1.82) is 0 Å². The van der Waals surface area contributed by atoms with Crippen molar-refractivity contribution in [2.75, 3.05) is 0 Å². The Morgan fingerprint density at radius 3 is 2.45 bits per heavy atom. The first-order valence-electron chi connectivity index (χ1n) is 5.29. The standard InChI is InChI=1S/C11H18/c1-6-3-4-8-7(2)9-5-10(9)11(6)8/h6-11H,3-5H2,1-2H3. The Balaban J connectivity index is 1.90. The second-order valence-corrected chi connectivity index (χ2v) is 5.22. The molecule has 3 saturated carbocycles. The van der Waals surface area contributed by atoms with Gasteiger partial charge in [-0.25, -0.2) is 0 Å². The van der Waals surface area contributed by atoms with E-state index in [4.69, 9.17) is 0 Å². The van der Waals surface area contributed by atoms with E-state index in [1.807, 2.05) is 0 Å². The van der Waals surface area contributed by atoms with Crippen LogP contribution < -0.4 is 0 Å². The number of hydrogen-bond donors (Lipinski definition) is 0. The zero-order chi connectivity index (χ0) is 7.59. The third-order valence-corrected chi connectivity index (χ3v) is 4.84. The monoisotopic (exact) mass is 150 g/mol. The summed E-state index contributed by atoms with van der Waals surface area (Å²) >= 11 is 0. The molecule has 3 aliphatic carbocycles. The molecule has 3 aliphatic rings. The summed E-state index contributed by atoms with van der Waals surface area (Å²) in [7, 11) is 0. The summed E-state index contributed by atoms with van der Waals surface area (Å²) in [6.45, 7) is 4.99. The lowest BCUT2D eigenvalue weighted by molar-refractivity contribution is 0.282. The van der Waals surface area contributed by atoms with Gasteiger partial charge in [0.25, 0.3) is 0 Å². The molecule has 6 unspecified atom stereocenters. The van der Waals surface area contributed by atoms with E-state index >= 15 is 0 Å². The topological polar surface area (TPSA) is 0 Å². The van der Waals surface area contributed by atoms with Gasteiger partial charge in [0.2, 0.25) is 0 Å². The molecule has 0 aromatic heterocycles. The molecule has 0 spiro atoms. The first-order chi connectivity index (χ1) is 5.29. The van der Waals surface area contributed by atoms with E-state index in [0.29, 0.717) is 0 Å². The molecule has 0 amide bonds. The van der Waals surface area contributed by atoms with Crippen molar-refractivity contribution in [3.63, 3.8) is 0 Å². The third-order valence-electron chi connectivity index (χ3n) is 4.84. The van der Waals surface area contributed by atoms with Gasteiger partial charge in [0.15, 0.2) is 0 Å². The van der Waals surface area contributed by atoms with Crippen LogP contribution in [-0.4, -0.2) is 0 Å². The fourth-order valence-electron chi connectivity index (χ4n) is 4.22. The van der Waals surface area contributed by atoms with Crippen LogP contribution in [0.2, 0.25) is 0 Å². The molecule has 0 aromatic carbocycles. The summed E-state index contributed by atoms with van der Waals surface area (Å²) in [6, 6.07) is 0. The molecule has 0 N–H and O–H groups in total. The lowest BCUT2D eigenvalue weighted by Crippen LogP contribution is -2.14. The maximum absolute atomic E-state index is 2.51. The van der Waals surface area contributed by atoms with Crippen LogP contribution in [0, 0.1) is 35.5 Å². The number of hydrogen-bond acceptors (Lipinski definition) is 0. The fraction of sp³-hybridized carbons (Fsp3) is 1.00. The van der Waals surface area contributed by atoms with Crippen LogP contribution in [0.15, 0.2) is 0 Å². The van der Waals surface area contributed by atoms with Gasteiger partial charge in [0, 0.05) is 0 Å². The second kappa shape index (κ2) is 1.84. The van der Waals surface area contributed by atoms with Crippen molar-refractivity contribution in [3.05, 3.63) is 0 Å². The van der Waals surface area contributed by atoms with Gasteiger partial charge in [-0.2, -0.15) is 0 Å². The maximum atomic E-state index is 2.51. The van der Waals surface area contributed by atoms with Gasteiger partial charge in [-0.1, -0.05) is 20.3 Å². The van der Waals surface area contributed by atoms with Gasteiger partial charge >= 0.3 is 0 Å². The highest BCUT2D eigenvalue weighted by atomic mass is 14.6. The Hall–Kier alpha value is 0. The summed E-state index contributed by atoms with van der Waals surface area (Å²) in [5.41, 5.74) is 0. The zero-order valence-corrected chi connectivity index (χ0v) is 7.59. The first kappa shape index (κ1) is 6.51. The van der Waals surface area contributed by atoms with Gasteiger partial charge in [-0.15, -0.1) is 0 Å². The molecule has 0 heteroatoms. The predicted octanol–water partition coefficient (Wildman–Crippen LogP) is 2.93. The largest absolute Gasteiger partial charge is 0.0622 e. The van der Waals surface area contributed by atoms with E-state index in [1.54, 1.807) is 12.8 Å². The van der Waals surface area contributed by atoms with E-state index in [0.717, 1.165) is 23.7 Å². The second-order valence-electron chi connectivity index (χ2n) is 5.22. The maximum Gasteiger partial charge on any atom is -0.0326 e. The summed E-state index contributed by atoms with van der Waals surface area (Å²) in [5.74, 6) is 6.83. The minimum atomic E-state index is 1.07. The van der Waals surface area contributed by atoms with Crippen LogP contribution in [0.3, 0.4) is 0 Å². The quantitative estimate of drug-likeness (QED) is 0.498. The zero-order valence-electron chi connectivity index (χ0n) is 7.59. The van der Waals surface area contributed by atoms with Crippen LogP contribution in [0.25, 0.3) is 0 Å². The van der Waals surface area contributed by atoms with Crippen molar-refractivity contribution in [1.82, 2.24) is 0 Å². The molecule has 3 fully saturated rings. The third kappa shape index (κ3) is 0.666.